The lowest BCUT2D eigenvalue weighted by atomic mass is 9.87. The number of rotatable bonds is 2. The molecule has 2 aliphatic rings. The highest BCUT2D eigenvalue weighted by Crippen LogP contribution is 2.50. The lowest BCUT2D eigenvalue weighted by Gasteiger charge is -2.28. The first-order chi connectivity index (χ1) is 8.56. The Morgan fingerprint density at radius 3 is 2.56 bits per heavy atom. The quantitative estimate of drug-likeness (QED) is 0.804. The Balaban J connectivity index is 1.94. The van der Waals surface area contributed by atoms with E-state index in [9.17, 15) is 0 Å². The number of fused-ring (bicyclic) bond motifs is 2. The second-order valence-corrected chi connectivity index (χ2v) is 5.57. The van der Waals surface area contributed by atoms with Crippen molar-refractivity contribution < 1.29 is 14.2 Å². The summed E-state index contributed by atoms with van der Waals surface area (Å²) in [5.74, 6) is 0.466. The molecule has 3 heteroatoms. The highest BCUT2D eigenvalue weighted by atomic mass is 16.8. The van der Waals surface area contributed by atoms with E-state index in [0.717, 1.165) is 18.6 Å². The maximum absolute atomic E-state index is 6.26. The molecule has 2 saturated heterocycles. The van der Waals surface area contributed by atoms with Gasteiger partial charge in [-0.1, -0.05) is 12.1 Å². The zero-order chi connectivity index (χ0) is 12.8. The smallest absolute Gasteiger partial charge is 0.167 e. The molecule has 0 radical (unpaired) electrons. The van der Waals surface area contributed by atoms with Gasteiger partial charge >= 0.3 is 0 Å². The van der Waals surface area contributed by atoms with Crippen LogP contribution in [-0.4, -0.2) is 19.0 Å². The van der Waals surface area contributed by atoms with E-state index in [1.54, 1.807) is 7.11 Å². The van der Waals surface area contributed by atoms with Crippen molar-refractivity contribution in [1.82, 2.24) is 0 Å². The van der Waals surface area contributed by atoms with Gasteiger partial charge in [-0.2, -0.15) is 0 Å². The minimum absolute atomic E-state index is 0.157. The average Bonchev–Trinajstić information content (AvgIpc) is 2.56. The first kappa shape index (κ1) is 12.0. The van der Waals surface area contributed by atoms with Crippen LogP contribution in [0.5, 0.6) is 5.75 Å². The molecule has 0 aromatic heterocycles. The lowest BCUT2D eigenvalue weighted by molar-refractivity contribution is -0.189. The van der Waals surface area contributed by atoms with E-state index in [2.05, 4.69) is 19.1 Å². The molecule has 98 valence electrons. The van der Waals surface area contributed by atoms with Gasteiger partial charge in [0.05, 0.1) is 13.2 Å². The Hall–Kier alpha value is -1.06. The number of methoxy groups -OCH3 is 1. The lowest BCUT2D eigenvalue weighted by Crippen LogP contribution is -2.33. The molecule has 0 N–H and O–H groups in total. The number of ether oxygens (including phenoxy) is 3. The molecular formula is C15H20O3. The zero-order valence-electron chi connectivity index (χ0n) is 11.2. The standard InChI is InChI=1S/C15H20O3/c1-14-10-4-5-13(17-14)15(2,18-14)11-6-8-12(16-3)9-7-11/h6-9,13H,4-5,10H2,1-3H3. The first-order valence-corrected chi connectivity index (χ1v) is 6.58. The Morgan fingerprint density at radius 2 is 1.94 bits per heavy atom. The summed E-state index contributed by atoms with van der Waals surface area (Å²) in [4.78, 5) is 0. The van der Waals surface area contributed by atoms with Crippen molar-refractivity contribution in [3.63, 3.8) is 0 Å². The molecule has 3 nitrogen and oxygen atoms in total. The molecule has 2 heterocycles. The van der Waals surface area contributed by atoms with Gasteiger partial charge in [-0.25, -0.2) is 0 Å². The van der Waals surface area contributed by atoms with Crippen LogP contribution in [0.2, 0.25) is 0 Å². The van der Waals surface area contributed by atoms with Crippen LogP contribution in [-0.2, 0) is 15.1 Å². The van der Waals surface area contributed by atoms with Gasteiger partial charge in [0.1, 0.15) is 11.4 Å². The molecule has 18 heavy (non-hydrogen) atoms. The summed E-state index contributed by atoms with van der Waals surface area (Å²) in [6.45, 7) is 4.18. The summed E-state index contributed by atoms with van der Waals surface area (Å²) in [6.07, 6.45) is 3.38. The average molecular weight is 248 g/mol. The fourth-order valence-corrected chi connectivity index (χ4v) is 3.17. The zero-order valence-corrected chi connectivity index (χ0v) is 11.2. The normalized spacial score (nSPS) is 38.7. The van der Waals surface area contributed by atoms with Gasteiger partial charge in [-0.3, -0.25) is 0 Å². The van der Waals surface area contributed by atoms with Gasteiger partial charge in [0, 0.05) is 6.42 Å². The fourth-order valence-electron chi connectivity index (χ4n) is 3.17. The van der Waals surface area contributed by atoms with Crippen molar-refractivity contribution in [2.75, 3.05) is 7.11 Å². The summed E-state index contributed by atoms with van der Waals surface area (Å²) < 4.78 is 17.5. The maximum Gasteiger partial charge on any atom is 0.167 e. The monoisotopic (exact) mass is 248 g/mol. The van der Waals surface area contributed by atoms with Gasteiger partial charge in [0.25, 0.3) is 0 Å². The highest BCUT2D eigenvalue weighted by molar-refractivity contribution is 5.32. The van der Waals surface area contributed by atoms with E-state index < -0.39 is 5.79 Å². The minimum atomic E-state index is -0.405. The second kappa shape index (κ2) is 3.97. The Bertz CT molecular complexity index is 442. The van der Waals surface area contributed by atoms with E-state index in [4.69, 9.17) is 14.2 Å². The topological polar surface area (TPSA) is 27.7 Å². The van der Waals surface area contributed by atoms with Crippen LogP contribution in [0.1, 0.15) is 38.7 Å². The molecule has 2 bridgehead atoms. The third-order valence-corrected chi connectivity index (χ3v) is 4.19. The van der Waals surface area contributed by atoms with E-state index in [1.807, 2.05) is 19.1 Å². The van der Waals surface area contributed by atoms with Crippen LogP contribution < -0.4 is 4.74 Å². The molecule has 3 unspecified atom stereocenters. The molecular weight excluding hydrogens is 228 g/mol. The first-order valence-electron chi connectivity index (χ1n) is 6.58. The number of hydrogen-bond donors (Lipinski definition) is 0. The molecule has 2 fully saturated rings. The SMILES string of the molecule is COc1ccc(C2(C)OC3(C)CCCC2O3)cc1. The van der Waals surface area contributed by atoms with Crippen LogP contribution in [0.15, 0.2) is 24.3 Å². The molecule has 0 saturated carbocycles. The predicted molar refractivity (Wildman–Crippen MR) is 68.6 cm³/mol. The Kier molecular flexibility index (Phi) is 2.65. The summed E-state index contributed by atoms with van der Waals surface area (Å²) in [6, 6.07) is 8.11. The van der Waals surface area contributed by atoms with E-state index in [-0.39, 0.29) is 11.7 Å². The third kappa shape index (κ3) is 1.73. The number of hydrogen-bond acceptors (Lipinski definition) is 3. The largest absolute Gasteiger partial charge is 0.497 e. The molecule has 3 rings (SSSR count). The van der Waals surface area contributed by atoms with Gasteiger partial charge in [0.15, 0.2) is 5.79 Å². The summed E-state index contributed by atoms with van der Waals surface area (Å²) in [5.41, 5.74) is 0.830. The summed E-state index contributed by atoms with van der Waals surface area (Å²) >= 11 is 0. The van der Waals surface area contributed by atoms with E-state index in [1.165, 1.54) is 12.0 Å². The van der Waals surface area contributed by atoms with Crippen molar-refractivity contribution in [2.24, 2.45) is 0 Å². The van der Waals surface area contributed by atoms with E-state index >= 15 is 0 Å². The van der Waals surface area contributed by atoms with Crippen LogP contribution in [0.4, 0.5) is 0 Å². The fraction of sp³-hybridized carbons (Fsp3) is 0.600. The molecule has 1 aromatic rings. The molecule has 0 amide bonds. The predicted octanol–water partition coefficient (Wildman–Crippen LogP) is 3.23. The maximum atomic E-state index is 6.26. The van der Waals surface area contributed by atoms with Gasteiger partial charge in [0.2, 0.25) is 0 Å². The van der Waals surface area contributed by atoms with Crippen LogP contribution in [0.3, 0.4) is 0 Å². The van der Waals surface area contributed by atoms with Gasteiger partial charge < -0.3 is 14.2 Å². The van der Waals surface area contributed by atoms with Crippen molar-refractivity contribution in [3.05, 3.63) is 29.8 Å². The van der Waals surface area contributed by atoms with Crippen LogP contribution in [0.25, 0.3) is 0 Å². The van der Waals surface area contributed by atoms with Crippen molar-refractivity contribution >= 4 is 0 Å². The van der Waals surface area contributed by atoms with E-state index in [0.29, 0.717) is 0 Å². The van der Waals surface area contributed by atoms with Crippen molar-refractivity contribution in [2.45, 2.75) is 50.6 Å². The summed E-state index contributed by atoms with van der Waals surface area (Å²) in [7, 11) is 1.68. The Labute approximate surface area is 108 Å². The highest BCUT2D eigenvalue weighted by Gasteiger charge is 2.55. The molecule has 1 aromatic carbocycles. The molecule has 2 aliphatic heterocycles. The third-order valence-electron chi connectivity index (χ3n) is 4.19. The molecule has 0 aliphatic carbocycles. The minimum Gasteiger partial charge on any atom is -0.497 e. The van der Waals surface area contributed by atoms with Gasteiger partial charge in [-0.05, 0) is 44.4 Å². The second-order valence-electron chi connectivity index (χ2n) is 5.57. The Morgan fingerprint density at radius 1 is 1.22 bits per heavy atom. The number of benzene rings is 1. The van der Waals surface area contributed by atoms with Crippen LogP contribution in [0, 0.1) is 0 Å². The summed E-state index contributed by atoms with van der Waals surface area (Å²) in [5, 5.41) is 0. The van der Waals surface area contributed by atoms with Gasteiger partial charge in [-0.15, -0.1) is 0 Å². The van der Waals surface area contributed by atoms with Crippen molar-refractivity contribution in [3.8, 4) is 5.75 Å². The van der Waals surface area contributed by atoms with Crippen molar-refractivity contribution in [1.29, 1.82) is 0 Å². The van der Waals surface area contributed by atoms with Crippen LogP contribution >= 0.6 is 0 Å². The molecule has 3 atom stereocenters. The molecule has 0 spiro atoms.